The van der Waals surface area contributed by atoms with Crippen molar-refractivity contribution in [2.75, 3.05) is 13.7 Å². The molecule has 1 aromatic rings. The lowest BCUT2D eigenvalue weighted by atomic mass is 10.5. The van der Waals surface area contributed by atoms with E-state index >= 15 is 0 Å². The third-order valence-corrected chi connectivity index (χ3v) is 2.58. The first kappa shape index (κ1) is 12.4. The lowest BCUT2D eigenvalue weighted by molar-refractivity contribution is -0.118. The summed E-state index contributed by atoms with van der Waals surface area (Å²) in [5, 5.41) is 3.32. The molecule has 1 heterocycles. The minimum Gasteiger partial charge on any atom is -0.465 e. The van der Waals surface area contributed by atoms with Crippen LogP contribution in [0.4, 0.5) is 0 Å². The molecule has 0 aromatic carbocycles. The van der Waals surface area contributed by atoms with E-state index in [1.165, 1.54) is 31.6 Å². The zero-order valence-electron chi connectivity index (χ0n) is 9.02. The summed E-state index contributed by atoms with van der Waals surface area (Å²) in [7, 11) is 1.33. The van der Waals surface area contributed by atoms with Crippen LogP contribution in [-0.4, -0.2) is 30.5 Å². The lowest BCUT2D eigenvalue weighted by Gasteiger charge is -1.93. The molecule has 6 heteroatoms. The predicted molar refractivity (Wildman–Crippen MR) is 61.2 cm³/mol. The maximum absolute atomic E-state index is 11.1. The van der Waals surface area contributed by atoms with E-state index in [4.69, 9.17) is 0 Å². The number of rotatable bonds is 4. The van der Waals surface area contributed by atoms with E-state index in [9.17, 15) is 9.59 Å². The smallest absolute Gasteiger partial charge is 0.349 e. The fourth-order valence-electron chi connectivity index (χ4n) is 0.922. The Morgan fingerprint density at radius 1 is 1.62 bits per heavy atom. The fourth-order valence-corrected chi connectivity index (χ4v) is 1.69. The van der Waals surface area contributed by atoms with Gasteiger partial charge in [0.05, 0.1) is 13.3 Å². The van der Waals surface area contributed by atoms with Crippen molar-refractivity contribution in [3.8, 4) is 0 Å². The molecule has 0 saturated heterocycles. The van der Waals surface area contributed by atoms with Crippen molar-refractivity contribution in [3.05, 3.63) is 22.2 Å². The molecule has 1 aromatic heterocycles. The first-order chi connectivity index (χ1) is 7.63. The van der Waals surface area contributed by atoms with Crippen LogP contribution in [-0.2, 0) is 9.53 Å². The summed E-state index contributed by atoms with van der Waals surface area (Å²) >= 11 is 1.24. The quantitative estimate of drug-likeness (QED) is 0.800. The number of carbonyl (C=O) groups is 2. The Morgan fingerprint density at radius 2 is 2.38 bits per heavy atom. The van der Waals surface area contributed by atoms with Gasteiger partial charge in [-0.25, -0.2) is 9.78 Å². The molecular weight excluding hydrogens is 228 g/mol. The van der Waals surface area contributed by atoms with Crippen molar-refractivity contribution in [1.82, 2.24) is 10.3 Å². The topological polar surface area (TPSA) is 68.3 Å². The molecule has 0 aliphatic rings. The van der Waals surface area contributed by atoms with Crippen molar-refractivity contribution in [2.45, 2.75) is 6.92 Å². The summed E-state index contributed by atoms with van der Waals surface area (Å²) in [6.45, 7) is 1.90. The number of esters is 1. The van der Waals surface area contributed by atoms with Crippen LogP contribution in [0.15, 0.2) is 12.3 Å². The van der Waals surface area contributed by atoms with Crippen LogP contribution in [0.2, 0.25) is 0 Å². The van der Waals surface area contributed by atoms with Crippen LogP contribution in [0.3, 0.4) is 0 Å². The summed E-state index contributed by atoms with van der Waals surface area (Å²) in [5.74, 6) is -0.474. The third kappa shape index (κ3) is 3.82. The second kappa shape index (κ2) is 6.02. The normalized spacial score (nSPS) is 10.4. The van der Waals surface area contributed by atoms with Gasteiger partial charge in [0.2, 0.25) is 5.91 Å². The minimum atomic E-state index is -0.390. The average Bonchev–Trinajstić information content (AvgIpc) is 2.71. The van der Waals surface area contributed by atoms with Gasteiger partial charge in [-0.1, -0.05) is 6.08 Å². The first-order valence-corrected chi connectivity index (χ1v) is 5.40. The highest BCUT2D eigenvalue weighted by atomic mass is 32.1. The Labute approximate surface area is 97.1 Å². The van der Waals surface area contributed by atoms with E-state index in [0.29, 0.717) is 16.4 Å². The van der Waals surface area contributed by atoms with Gasteiger partial charge in [-0.05, 0) is 6.08 Å². The third-order valence-electron chi connectivity index (χ3n) is 1.64. The number of carbonyl (C=O) groups excluding carboxylic acids is 2. The van der Waals surface area contributed by atoms with Gasteiger partial charge >= 0.3 is 5.97 Å². The summed E-state index contributed by atoms with van der Waals surface area (Å²) in [4.78, 5) is 26.2. The molecule has 5 nitrogen and oxygen atoms in total. The van der Waals surface area contributed by atoms with Crippen LogP contribution in [0.25, 0.3) is 6.08 Å². The number of aromatic nitrogens is 1. The van der Waals surface area contributed by atoms with Crippen LogP contribution >= 0.6 is 11.3 Å². The fraction of sp³-hybridized carbons (Fsp3) is 0.300. The molecule has 0 fully saturated rings. The minimum absolute atomic E-state index is 0.0842. The zero-order chi connectivity index (χ0) is 12.0. The highest BCUT2D eigenvalue weighted by Crippen LogP contribution is 2.14. The molecule has 1 N–H and O–H groups in total. The predicted octanol–water partition coefficient (Wildman–Crippen LogP) is 1.08. The molecule has 16 heavy (non-hydrogen) atoms. The maximum Gasteiger partial charge on any atom is 0.349 e. The maximum atomic E-state index is 11.1. The van der Waals surface area contributed by atoms with E-state index in [2.05, 4.69) is 15.0 Å². The van der Waals surface area contributed by atoms with Gasteiger partial charge in [0.15, 0.2) is 0 Å². The number of ether oxygens (including phenoxy) is 1. The van der Waals surface area contributed by atoms with E-state index in [-0.39, 0.29) is 11.9 Å². The van der Waals surface area contributed by atoms with Crippen molar-refractivity contribution in [1.29, 1.82) is 0 Å². The molecule has 0 aliphatic carbocycles. The number of methoxy groups -OCH3 is 1. The molecule has 1 rings (SSSR count). The number of thiazole rings is 1. The number of hydrogen-bond donors (Lipinski definition) is 1. The summed E-state index contributed by atoms with van der Waals surface area (Å²) < 4.78 is 4.56. The molecule has 0 bridgehead atoms. The number of nitrogens with one attached hydrogen (secondary N) is 1. The highest BCUT2D eigenvalue weighted by Gasteiger charge is 2.08. The van der Waals surface area contributed by atoms with Crippen LogP contribution < -0.4 is 5.32 Å². The number of nitrogens with zero attached hydrogens (tertiary/aromatic N) is 1. The number of hydrogen-bond acceptors (Lipinski definition) is 5. The lowest BCUT2D eigenvalue weighted by Crippen LogP contribution is -2.19. The molecular formula is C10H12N2O3S. The van der Waals surface area contributed by atoms with Gasteiger partial charge in [0.1, 0.15) is 9.88 Å². The van der Waals surface area contributed by atoms with E-state index in [0.717, 1.165) is 0 Å². The second-order valence-electron chi connectivity index (χ2n) is 2.89. The standard InChI is InChI=1S/C10H12N2O3S/c1-7(13)11-5-3-4-9-12-6-8(16-9)10(14)15-2/h3-4,6H,5H2,1-2H3,(H,11,13). The van der Waals surface area contributed by atoms with Gasteiger partial charge in [-0.3, -0.25) is 4.79 Å². The zero-order valence-corrected chi connectivity index (χ0v) is 9.84. The van der Waals surface area contributed by atoms with E-state index < -0.39 is 0 Å². The average molecular weight is 240 g/mol. The van der Waals surface area contributed by atoms with E-state index in [1.807, 2.05) is 0 Å². The van der Waals surface area contributed by atoms with Crippen LogP contribution in [0.5, 0.6) is 0 Å². The monoisotopic (exact) mass is 240 g/mol. The largest absolute Gasteiger partial charge is 0.465 e. The first-order valence-electron chi connectivity index (χ1n) is 4.58. The van der Waals surface area contributed by atoms with Gasteiger partial charge in [-0.2, -0.15) is 0 Å². The Hall–Kier alpha value is -1.69. The highest BCUT2D eigenvalue weighted by molar-refractivity contribution is 7.14. The molecule has 0 radical (unpaired) electrons. The molecule has 86 valence electrons. The molecule has 1 amide bonds. The van der Waals surface area contributed by atoms with Crippen LogP contribution in [0, 0.1) is 0 Å². The van der Waals surface area contributed by atoms with Gasteiger partial charge in [0.25, 0.3) is 0 Å². The molecule has 0 unspecified atom stereocenters. The summed E-state index contributed by atoms with van der Waals surface area (Å²) in [5.41, 5.74) is 0. The van der Waals surface area contributed by atoms with Crippen molar-refractivity contribution in [2.24, 2.45) is 0 Å². The Balaban J connectivity index is 2.52. The molecule has 0 spiro atoms. The molecule has 0 aliphatic heterocycles. The molecule has 0 saturated carbocycles. The Kier molecular flexibility index (Phi) is 4.65. The van der Waals surface area contributed by atoms with Gasteiger partial charge < -0.3 is 10.1 Å². The van der Waals surface area contributed by atoms with Gasteiger partial charge in [0, 0.05) is 13.5 Å². The summed E-state index contributed by atoms with van der Waals surface area (Å²) in [6.07, 6.45) is 4.98. The van der Waals surface area contributed by atoms with Crippen molar-refractivity contribution in [3.63, 3.8) is 0 Å². The summed E-state index contributed by atoms with van der Waals surface area (Å²) in [6, 6.07) is 0. The second-order valence-corrected chi connectivity index (χ2v) is 3.96. The van der Waals surface area contributed by atoms with Crippen LogP contribution in [0.1, 0.15) is 21.6 Å². The van der Waals surface area contributed by atoms with Crippen molar-refractivity contribution < 1.29 is 14.3 Å². The Morgan fingerprint density at radius 3 is 3.00 bits per heavy atom. The SMILES string of the molecule is COC(=O)c1cnc(C=CCNC(C)=O)s1. The van der Waals surface area contributed by atoms with Crippen molar-refractivity contribution >= 4 is 29.3 Å². The van der Waals surface area contributed by atoms with Gasteiger partial charge in [-0.15, -0.1) is 11.3 Å². The van der Waals surface area contributed by atoms with E-state index in [1.54, 1.807) is 12.2 Å². The molecule has 0 atom stereocenters. The number of amides is 1. The Bertz CT molecular complexity index is 412.